The zero-order valence-electron chi connectivity index (χ0n) is 15.4. The number of aromatic nitrogens is 3. The Bertz CT molecular complexity index is 891. The molecular weight excluding hydrogens is 390 g/mol. The molecule has 1 amide bonds. The lowest BCUT2D eigenvalue weighted by Gasteiger charge is -2.28. The molecule has 1 fully saturated rings. The molecule has 6 nitrogen and oxygen atoms in total. The first kappa shape index (κ1) is 18.9. The van der Waals surface area contributed by atoms with Crippen molar-refractivity contribution >= 4 is 39.8 Å². The first-order valence-electron chi connectivity index (χ1n) is 9.29. The van der Waals surface area contributed by atoms with E-state index in [9.17, 15) is 4.79 Å². The molecule has 1 N–H and O–H groups in total. The van der Waals surface area contributed by atoms with Crippen molar-refractivity contribution in [2.45, 2.75) is 24.3 Å². The number of carbonyl (C=O) groups is 1. The van der Waals surface area contributed by atoms with E-state index in [0.29, 0.717) is 5.13 Å². The second-order valence-electron chi connectivity index (χ2n) is 6.53. The Balaban J connectivity index is 1.33. The normalized spacial score (nSPS) is 14.1. The number of anilines is 2. The number of carbonyl (C=O) groups excluding carboxylic acids is 1. The molecule has 1 aliphatic rings. The van der Waals surface area contributed by atoms with Gasteiger partial charge in [0.05, 0.1) is 11.4 Å². The summed E-state index contributed by atoms with van der Waals surface area (Å²) in [6.45, 7) is 2.28. The van der Waals surface area contributed by atoms with Gasteiger partial charge in [0.25, 0.3) is 0 Å². The SMILES string of the molecule is O=C(CSc1ccc(-c2ccc(N3CCCCC3)cc2)nn1)Nc1nccs1. The predicted octanol–water partition coefficient (Wildman–Crippen LogP) is 4.32. The maximum atomic E-state index is 11.9. The summed E-state index contributed by atoms with van der Waals surface area (Å²) in [6, 6.07) is 12.4. The Labute approximate surface area is 172 Å². The van der Waals surface area contributed by atoms with Gasteiger partial charge in [0.2, 0.25) is 5.91 Å². The lowest BCUT2D eigenvalue weighted by Crippen LogP contribution is -2.29. The maximum Gasteiger partial charge on any atom is 0.236 e. The van der Waals surface area contributed by atoms with Gasteiger partial charge in [-0.05, 0) is 43.5 Å². The third-order valence-corrected chi connectivity index (χ3v) is 6.16. The number of thiazole rings is 1. The molecule has 0 saturated carbocycles. The fourth-order valence-electron chi connectivity index (χ4n) is 3.13. The van der Waals surface area contributed by atoms with Gasteiger partial charge < -0.3 is 10.2 Å². The van der Waals surface area contributed by atoms with Crippen molar-refractivity contribution < 1.29 is 4.79 Å². The van der Waals surface area contributed by atoms with Crippen LogP contribution in [0.1, 0.15) is 19.3 Å². The fraction of sp³-hybridized carbons (Fsp3) is 0.300. The second-order valence-corrected chi connectivity index (χ2v) is 8.42. The molecule has 28 heavy (non-hydrogen) atoms. The summed E-state index contributed by atoms with van der Waals surface area (Å²) in [5.41, 5.74) is 3.16. The summed E-state index contributed by atoms with van der Waals surface area (Å²) < 4.78 is 0. The van der Waals surface area contributed by atoms with Gasteiger partial charge in [-0.1, -0.05) is 23.9 Å². The van der Waals surface area contributed by atoms with Crippen LogP contribution in [0.5, 0.6) is 0 Å². The highest BCUT2D eigenvalue weighted by atomic mass is 32.2. The molecule has 2 aromatic heterocycles. The van der Waals surface area contributed by atoms with Crippen LogP contribution in [0.3, 0.4) is 0 Å². The molecule has 0 atom stereocenters. The van der Waals surface area contributed by atoms with Crippen molar-refractivity contribution in [2.24, 2.45) is 0 Å². The van der Waals surface area contributed by atoms with Gasteiger partial charge in [-0.2, -0.15) is 0 Å². The van der Waals surface area contributed by atoms with Crippen LogP contribution in [0.25, 0.3) is 11.3 Å². The molecule has 0 spiro atoms. The summed E-state index contributed by atoms with van der Waals surface area (Å²) in [4.78, 5) is 18.4. The molecule has 0 unspecified atom stereocenters. The van der Waals surface area contributed by atoms with E-state index >= 15 is 0 Å². The van der Waals surface area contributed by atoms with Crippen LogP contribution in [0.4, 0.5) is 10.8 Å². The van der Waals surface area contributed by atoms with Crippen LogP contribution in [-0.2, 0) is 4.79 Å². The lowest BCUT2D eigenvalue weighted by molar-refractivity contribution is -0.113. The van der Waals surface area contributed by atoms with E-state index in [-0.39, 0.29) is 11.7 Å². The van der Waals surface area contributed by atoms with Gasteiger partial charge in [-0.15, -0.1) is 21.5 Å². The van der Waals surface area contributed by atoms with E-state index in [1.54, 1.807) is 6.20 Å². The van der Waals surface area contributed by atoms with Crippen LogP contribution in [0, 0.1) is 0 Å². The summed E-state index contributed by atoms with van der Waals surface area (Å²) in [5, 5.41) is 14.5. The van der Waals surface area contributed by atoms with Crippen molar-refractivity contribution in [3.05, 3.63) is 48.0 Å². The zero-order valence-corrected chi connectivity index (χ0v) is 17.0. The zero-order chi connectivity index (χ0) is 19.2. The van der Waals surface area contributed by atoms with Crippen molar-refractivity contribution in [1.82, 2.24) is 15.2 Å². The smallest absolute Gasteiger partial charge is 0.236 e. The topological polar surface area (TPSA) is 71.0 Å². The summed E-state index contributed by atoms with van der Waals surface area (Å²) >= 11 is 2.76. The Kier molecular flexibility index (Phi) is 6.18. The van der Waals surface area contributed by atoms with Crippen molar-refractivity contribution in [1.29, 1.82) is 0 Å². The number of rotatable bonds is 6. The van der Waals surface area contributed by atoms with E-state index in [1.807, 2.05) is 17.5 Å². The number of hydrogen-bond donors (Lipinski definition) is 1. The largest absolute Gasteiger partial charge is 0.372 e. The van der Waals surface area contributed by atoms with E-state index in [4.69, 9.17) is 0 Å². The van der Waals surface area contributed by atoms with Gasteiger partial charge in [0.1, 0.15) is 5.03 Å². The number of thioether (sulfide) groups is 1. The molecule has 8 heteroatoms. The maximum absolute atomic E-state index is 11.9. The summed E-state index contributed by atoms with van der Waals surface area (Å²) in [7, 11) is 0. The average molecular weight is 412 g/mol. The van der Waals surface area contributed by atoms with Crippen LogP contribution in [0.2, 0.25) is 0 Å². The first-order valence-corrected chi connectivity index (χ1v) is 11.2. The minimum absolute atomic E-state index is 0.0980. The van der Waals surface area contributed by atoms with E-state index < -0.39 is 0 Å². The van der Waals surface area contributed by atoms with Crippen molar-refractivity contribution in [3.8, 4) is 11.3 Å². The van der Waals surface area contributed by atoms with E-state index in [0.717, 1.165) is 29.4 Å². The first-order chi connectivity index (χ1) is 13.8. The molecule has 0 aliphatic carbocycles. The van der Waals surface area contributed by atoms with Gasteiger partial charge >= 0.3 is 0 Å². The third kappa shape index (κ3) is 4.88. The number of benzene rings is 1. The Hall–Kier alpha value is -2.45. The molecule has 0 radical (unpaired) electrons. The van der Waals surface area contributed by atoms with Crippen LogP contribution >= 0.6 is 23.1 Å². The van der Waals surface area contributed by atoms with Crippen LogP contribution in [0.15, 0.2) is 53.0 Å². The highest BCUT2D eigenvalue weighted by Gasteiger charge is 2.11. The van der Waals surface area contributed by atoms with E-state index in [2.05, 4.69) is 49.7 Å². The quantitative estimate of drug-likeness (QED) is 0.609. The predicted molar refractivity (Wildman–Crippen MR) is 115 cm³/mol. The molecule has 3 heterocycles. The number of amides is 1. The number of piperidine rings is 1. The lowest BCUT2D eigenvalue weighted by atomic mass is 10.1. The monoisotopic (exact) mass is 411 g/mol. The average Bonchev–Trinajstić information content (AvgIpc) is 3.26. The van der Waals surface area contributed by atoms with Gasteiger partial charge in [0.15, 0.2) is 5.13 Å². The molecule has 1 aliphatic heterocycles. The number of hydrogen-bond acceptors (Lipinski definition) is 7. The molecule has 0 bridgehead atoms. The molecule has 1 aromatic carbocycles. The summed E-state index contributed by atoms with van der Waals surface area (Å²) in [5.74, 6) is 0.178. The molecule has 1 saturated heterocycles. The van der Waals surface area contributed by atoms with E-state index in [1.165, 1.54) is 48.0 Å². The Morgan fingerprint density at radius 2 is 1.89 bits per heavy atom. The number of nitrogens with zero attached hydrogens (tertiary/aromatic N) is 4. The van der Waals surface area contributed by atoms with Crippen molar-refractivity contribution in [2.75, 3.05) is 29.1 Å². The standard InChI is InChI=1S/C20H21N5OS2/c26-18(22-20-21-10-13-27-20)14-28-19-9-8-17(23-24-19)15-4-6-16(7-5-15)25-11-2-1-3-12-25/h4-10,13H,1-3,11-12,14H2,(H,21,22,26). The minimum Gasteiger partial charge on any atom is -0.372 e. The van der Waals surface area contributed by atoms with Crippen molar-refractivity contribution in [3.63, 3.8) is 0 Å². The molecule has 4 rings (SSSR count). The van der Waals surface area contributed by atoms with Gasteiger partial charge in [-0.3, -0.25) is 4.79 Å². The third-order valence-electron chi connectivity index (χ3n) is 4.55. The Morgan fingerprint density at radius 1 is 1.07 bits per heavy atom. The molecular formula is C20H21N5OS2. The highest BCUT2D eigenvalue weighted by Crippen LogP contribution is 2.25. The van der Waals surface area contributed by atoms with Gasteiger partial charge in [-0.25, -0.2) is 4.98 Å². The summed E-state index contributed by atoms with van der Waals surface area (Å²) in [6.07, 6.45) is 5.54. The van der Waals surface area contributed by atoms with Crippen LogP contribution < -0.4 is 10.2 Å². The fourth-order valence-corrected chi connectivity index (χ4v) is 4.29. The highest BCUT2D eigenvalue weighted by molar-refractivity contribution is 7.99. The minimum atomic E-state index is -0.0980. The molecule has 144 valence electrons. The number of nitrogens with one attached hydrogen (secondary N) is 1. The second kappa shape index (κ2) is 9.16. The Morgan fingerprint density at radius 3 is 2.57 bits per heavy atom. The van der Waals surface area contributed by atoms with Crippen LogP contribution in [-0.4, -0.2) is 39.9 Å². The van der Waals surface area contributed by atoms with Gasteiger partial charge in [0, 0.05) is 35.9 Å². The molecule has 3 aromatic rings.